The lowest BCUT2D eigenvalue weighted by molar-refractivity contribution is 0.0184. The highest BCUT2D eigenvalue weighted by molar-refractivity contribution is 5.52. The Morgan fingerprint density at radius 2 is 2.09 bits per heavy atom. The maximum Gasteiger partial charge on any atom is 0.144 e. The summed E-state index contributed by atoms with van der Waals surface area (Å²) >= 11 is 0. The molecule has 1 fully saturated rings. The van der Waals surface area contributed by atoms with Gasteiger partial charge in [0.05, 0.1) is 18.8 Å². The molecule has 0 amide bonds. The van der Waals surface area contributed by atoms with E-state index in [1.54, 1.807) is 0 Å². The van der Waals surface area contributed by atoms with E-state index < -0.39 is 0 Å². The summed E-state index contributed by atoms with van der Waals surface area (Å²) in [4.78, 5) is 7.07. The van der Waals surface area contributed by atoms with Crippen molar-refractivity contribution in [1.82, 2.24) is 9.88 Å². The number of hydrogen-bond acceptors (Lipinski definition) is 5. The molecule has 0 spiro atoms. The number of nitrogens with zero attached hydrogens (tertiary/aromatic N) is 3. The second-order valence-corrected chi connectivity index (χ2v) is 5.99. The lowest BCUT2D eigenvalue weighted by Crippen LogP contribution is -2.46. The Bertz CT molecular complexity index is 518. The molecule has 2 rings (SSSR count). The summed E-state index contributed by atoms with van der Waals surface area (Å²) in [5.74, 6) is 1.06. The molecule has 0 radical (unpaired) electrons. The zero-order valence-electron chi connectivity index (χ0n) is 13.8. The summed E-state index contributed by atoms with van der Waals surface area (Å²) in [7, 11) is 0. The Hall–Kier alpha value is -1.64. The molecule has 5 nitrogen and oxygen atoms in total. The highest BCUT2D eigenvalue weighted by atomic mass is 16.5. The monoisotopic (exact) mass is 302 g/mol. The fourth-order valence-electron chi connectivity index (χ4n) is 2.71. The van der Waals surface area contributed by atoms with Gasteiger partial charge in [0.25, 0.3) is 0 Å². The van der Waals surface area contributed by atoms with E-state index in [1.807, 2.05) is 12.1 Å². The van der Waals surface area contributed by atoms with Crippen LogP contribution in [0.4, 0.5) is 5.82 Å². The third-order valence-electron chi connectivity index (χ3n) is 4.17. The van der Waals surface area contributed by atoms with Crippen LogP contribution in [-0.2, 0) is 4.74 Å². The molecule has 5 heteroatoms. The van der Waals surface area contributed by atoms with E-state index >= 15 is 0 Å². The van der Waals surface area contributed by atoms with Crippen LogP contribution in [0.25, 0.3) is 0 Å². The smallest absolute Gasteiger partial charge is 0.144 e. The molecule has 120 valence electrons. The highest BCUT2D eigenvalue weighted by Crippen LogP contribution is 2.19. The summed E-state index contributed by atoms with van der Waals surface area (Å²) in [5, 5.41) is 12.7. The van der Waals surface area contributed by atoms with E-state index in [2.05, 4.69) is 42.0 Å². The van der Waals surface area contributed by atoms with Crippen LogP contribution in [0.3, 0.4) is 0 Å². The maximum atomic E-state index is 9.26. The fraction of sp³-hybridized carbons (Fsp3) is 0.647. The van der Waals surface area contributed by atoms with Gasteiger partial charge in [0, 0.05) is 31.4 Å². The van der Waals surface area contributed by atoms with Gasteiger partial charge in [0.1, 0.15) is 11.9 Å². The van der Waals surface area contributed by atoms with Crippen molar-refractivity contribution in [1.29, 1.82) is 5.26 Å². The summed E-state index contributed by atoms with van der Waals surface area (Å²) in [6.45, 7) is 10.8. The first-order chi connectivity index (χ1) is 10.7. The van der Waals surface area contributed by atoms with Gasteiger partial charge in [-0.3, -0.25) is 4.90 Å². The average molecular weight is 302 g/mol. The van der Waals surface area contributed by atoms with E-state index in [4.69, 9.17) is 4.74 Å². The van der Waals surface area contributed by atoms with E-state index in [-0.39, 0.29) is 0 Å². The molecule has 0 bridgehead atoms. The maximum absolute atomic E-state index is 9.26. The van der Waals surface area contributed by atoms with Crippen molar-refractivity contribution in [3.05, 3.63) is 23.4 Å². The van der Waals surface area contributed by atoms with Crippen LogP contribution in [0.2, 0.25) is 0 Å². The lowest BCUT2D eigenvalue weighted by atomic mass is 10.1. The number of nitrogens with one attached hydrogen (secondary N) is 1. The molecule has 1 N–H and O–H groups in total. The number of morpholine rings is 1. The van der Waals surface area contributed by atoms with Gasteiger partial charge >= 0.3 is 0 Å². The molecular formula is C17H26N4O. The van der Waals surface area contributed by atoms with Crippen molar-refractivity contribution in [3.8, 4) is 6.07 Å². The van der Waals surface area contributed by atoms with Crippen LogP contribution in [0.5, 0.6) is 0 Å². The molecule has 0 aliphatic carbocycles. The molecule has 1 atom stereocenters. The standard InChI is InChI=1S/C17H26N4O/c1-4-15(21-7-9-22-10-8-21)12-19-17-14(11-18)5-6-16(20-17)13(2)3/h5-6,13,15H,4,7-10,12H2,1-3H3,(H,19,20). The lowest BCUT2D eigenvalue weighted by Gasteiger charge is -2.34. The summed E-state index contributed by atoms with van der Waals surface area (Å²) in [6, 6.07) is 6.47. The molecule has 1 unspecified atom stereocenters. The third kappa shape index (κ3) is 4.19. The number of hydrogen-bond donors (Lipinski definition) is 1. The molecule has 2 heterocycles. The van der Waals surface area contributed by atoms with Gasteiger partial charge in [0.2, 0.25) is 0 Å². The minimum atomic E-state index is 0.356. The van der Waals surface area contributed by atoms with E-state index in [1.165, 1.54) is 0 Å². The predicted molar refractivity (Wildman–Crippen MR) is 88.0 cm³/mol. The topological polar surface area (TPSA) is 61.2 Å². The number of anilines is 1. The molecule has 0 aromatic carbocycles. The summed E-state index contributed by atoms with van der Waals surface area (Å²) in [5.41, 5.74) is 1.63. The Morgan fingerprint density at radius 1 is 1.36 bits per heavy atom. The SMILES string of the molecule is CCC(CNc1nc(C(C)C)ccc1C#N)N1CCOCC1. The van der Waals surface area contributed by atoms with Gasteiger partial charge in [-0.25, -0.2) is 4.98 Å². The minimum Gasteiger partial charge on any atom is -0.379 e. The first-order valence-corrected chi connectivity index (χ1v) is 8.12. The Morgan fingerprint density at radius 3 is 2.68 bits per heavy atom. The molecule has 1 aliphatic rings. The summed E-state index contributed by atoms with van der Waals surface area (Å²) in [6.07, 6.45) is 1.07. The second kappa shape index (κ2) is 8.11. The zero-order valence-corrected chi connectivity index (χ0v) is 13.8. The molecule has 0 saturated carbocycles. The van der Waals surface area contributed by atoms with E-state index in [0.717, 1.165) is 45.0 Å². The van der Waals surface area contributed by atoms with Crippen LogP contribution in [-0.4, -0.2) is 48.8 Å². The van der Waals surface area contributed by atoms with Gasteiger partial charge in [-0.05, 0) is 24.5 Å². The average Bonchev–Trinajstić information content (AvgIpc) is 2.56. The van der Waals surface area contributed by atoms with E-state index in [0.29, 0.717) is 23.3 Å². The van der Waals surface area contributed by atoms with Crippen molar-refractivity contribution in [2.24, 2.45) is 0 Å². The largest absolute Gasteiger partial charge is 0.379 e. The van der Waals surface area contributed by atoms with Gasteiger partial charge in [0.15, 0.2) is 0 Å². The number of rotatable bonds is 6. The van der Waals surface area contributed by atoms with Crippen LogP contribution in [0.15, 0.2) is 12.1 Å². The van der Waals surface area contributed by atoms with Gasteiger partial charge in [-0.1, -0.05) is 20.8 Å². The van der Waals surface area contributed by atoms with Crippen LogP contribution in [0.1, 0.15) is 44.4 Å². The Kier molecular flexibility index (Phi) is 6.17. The number of ether oxygens (including phenoxy) is 1. The van der Waals surface area contributed by atoms with Crippen molar-refractivity contribution in [2.45, 2.75) is 39.2 Å². The minimum absolute atomic E-state index is 0.356. The van der Waals surface area contributed by atoms with Crippen molar-refractivity contribution < 1.29 is 4.74 Å². The second-order valence-electron chi connectivity index (χ2n) is 5.99. The normalized spacial score (nSPS) is 17.2. The molecule has 1 saturated heterocycles. The van der Waals surface area contributed by atoms with Crippen LogP contribution in [0, 0.1) is 11.3 Å². The molecule has 1 aromatic rings. The Balaban J connectivity index is 2.05. The van der Waals surface area contributed by atoms with Crippen LogP contribution >= 0.6 is 0 Å². The fourth-order valence-corrected chi connectivity index (χ4v) is 2.71. The molecule has 1 aliphatic heterocycles. The molecule has 22 heavy (non-hydrogen) atoms. The predicted octanol–water partition coefficient (Wildman–Crippen LogP) is 2.60. The zero-order chi connectivity index (χ0) is 15.9. The van der Waals surface area contributed by atoms with Gasteiger partial charge < -0.3 is 10.1 Å². The number of pyridine rings is 1. The molecular weight excluding hydrogens is 276 g/mol. The molecule has 1 aromatic heterocycles. The quantitative estimate of drug-likeness (QED) is 0.875. The number of nitriles is 1. The van der Waals surface area contributed by atoms with Crippen molar-refractivity contribution in [3.63, 3.8) is 0 Å². The first-order valence-electron chi connectivity index (χ1n) is 8.12. The Labute approximate surface area is 133 Å². The van der Waals surface area contributed by atoms with Crippen LogP contribution < -0.4 is 5.32 Å². The van der Waals surface area contributed by atoms with Gasteiger partial charge in [-0.2, -0.15) is 5.26 Å². The number of aromatic nitrogens is 1. The van der Waals surface area contributed by atoms with E-state index in [9.17, 15) is 5.26 Å². The third-order valence-corrected chi connectivity index (χ3v) is 4.17. The van der Waals surface area contributed by atoms with Crippen molar-refractivity contribution in [2.75, 3.05) is 38.2 Å². The van der Waals surface area contributed by atoms with Crippen molar-refractivity contribution >= 4 is 5.82 Å². The van der Waals surface area contributed by atoms with Gasteiger partial charge in [-0.15, -0.1) is 0 Å². The first kappa shape index (κ1) is 16.7. The highest BCUT2D eigenvalue weighted by Gasteiger charge is 2.20. The summed E-state index contributed by atoms with van der Waals surface area (Å²) < 4.78 is 5.42.